The average Bonchev–Trinajstić information content (AvgIpc) is 2.66. The molecular formula is C13H13NO4. The van der Waals surface area contributed by atoms with E-state index in [-0.39, 0.29) is 24.5 Å². The van der Waals surface area contributed by atoms with E-state index in [9.17, 15) is 14.7 Å². The Hall–Kier alpha value is -2.30. The van der Waals surface area contributed by atoms with Gasteiger partial charge in [0.25, 0.3) is 5.91 Å². The van der Waals surface area contributed by atoms with E-state index in [0.29, 0.717) is 5.69 Å². The maximum absolute atomic E-state index is 12.0. The third-order valence-corrected chi connectivity index (χ3v) is 2.60. The minimum absolute atomic E-state index is 0.00298. The standard InChI is InChI=1S/C13H13NO4/c1-2-18-13(17)11-10(15)8-14(12(11)16)9-6-4-3-5-7-9/h3-7,15H,2,8H2,1H3. The molecule has 0 spiro atoms. The minimum atomic E-state index is -0.779. The number of nitrogens with zero attached hydrogens (tertiary/aromatic N) is 1. The van der Waals surface area contributed by atoms with Crippen molar-refractivity contribution < 1.29 is 19.4 Å². The first-order valence-electron chi connectivity index (χ1n) is 5.61. The topological polar surface area (TPSA) is 66.8 Å². The molecule has 0 bridgehead atoms. The van der Waals surface area contributed by atoms with E-state index in [0.717, 1.165) is 0 Å². The number of carbonyl (C=O) groups is 2. The molecule has 94 valence electrons. The summed E-state index contributed by atoms with van der Waals surface area (Å²) < 4.78 is 4.75. The normalized spacial score (nSPS) is 15.2. The molecular weight excluding hydrogens is 234 g/mol. The zero-order valence-corrected chi connectivity index (χ0v) is 9.92. The quantitative estimate of drug-likeness (QED) is 0.647. The molecule has 0 saturated heterocycles. The maximum Gasteiger partial charge on any atom is 0.347 e. The highest BCUT2D eigenvalue weighted by Crippen LogP contribution is 2.24. The number of para-hydroxylation sites is 1. The van der Waals surface area contributed by atoms with Crippen molar-refractivity contribution in [3.63, 3.8) is 0 Å². The van der Waals surface area contributed by atoms with Gasteiger partial charge in [0.15, 0.2) is 5.57 Å². The molecule has 0 unspecified atom stereocenters. The highest BCUT2D eigenvalue weighted by Gasteiger charge is 2.36. The molecule has 1 heterocycles. The lowest BCUT2D eigenvalue weighted by Crippen LogP contribution is -2.28. The lowest BCUT2D eigenvalue weighted by Gasteiger charge is -2.15. The molecule has 2 rings (SSSR count). The van der Waals surface area contributed by atoms with Crippen LogP contribution in [-0.4, -0.2) is 30.1 Å². The number of benzene rings is 1. The van der Waals surface area contributed by atoms with Crippen molar-refractivity contribution >= 4 is 17.6 Å². The smallest absolute Gasteiger partial charge is 0.347 e. The molecule has 0 fully saturated rings. The summed E-state index contributed by atoms with van der Waals surface area (Å²) in [5, 5.41) is 9.70. The summed E-state index contributed by atoms with van der Waals surface area (Å²) in [6.45, 7) is 1.80. The van der Waals surface area contributed by atoms with Gasteiger partial charge in [0.05, 0.1) is 13.2 Å². The zero-order valence-electron chi connectivity index (χ0n) is 9.92. The second-order valence-electron chi connectivity index (χ2n) is 3.77. The van der Waals surface area contributed by atoms with Crippen molar-refractivity contribution in [1.29, 1.82) is 0 Å². The fraction of sp³-hybridized carbons (Fsp3) is 0.231. The first-order chi connectivity index (χ1) is 8.65. The molecule has 1 aromatic carbocycles. The van der Waals surface area contributed by atoms with E-state index >= 15 is 0 Å². The number of anilines is 1. The zero-order chi connectivity index (χ0) is 13.1. The molecule has 0 atom stereocenters. The van der Waals surface area contributed by atoms with Crippen LogP contribution < -0.4 is 4.90 Å². The van der Waals surface area contributed by atoms with Crippen LogP contribution in [-0.2, 0) is 14.3 Å². The number of amides is 1. The molecule has 5 heteroatoms. The van der Waals surface area contributed by atoms with Crippen LogP contribution >= 0.6 is 0 Å². The lowest BCUT2D eigenvalue weighted by molar-refractivity contribution is -0.139. The first-order valence-corrected chi connectivity index (χ1v) is 5.61. The monoisotopic (exact) mass is 247 g/mol. The van der Waals surface area contributed by atoms with Gasteiger partial charge in [-0.25, -0.2) is 4.79 Å². The predicted molar refractivity (Wildman–Crippen MR) is 65.1 cm³/mol. The fourth-order valence-corrected chi connectivity index (χ4v) is 1.78. The Labute approximate surface area is 104 Å². The summed E-state index contributed by atoms with van der Waals surface area (Å²) in [6, 6.07) is 8.85. The molecule has 5 nitrogen and oxygen atoms in total. The summed E-state index contributed by atoms with van der Waals surface area (Å²) in [7, 11) is 0. The van der Waals surface area contributed by atoms with Crippen molar-refractivity contribution in [2.45, 2.75) is 6.92 Å². The molecule has 1 aliphatic rings. The van der Waals surface area contributed by atoms with Crippen LogP contribution in [0.5, 0.6) is 0 Å². The van der Waals surface area contributed by atoms with Crippen LogP contribution in [0.4, 0.5) is 5.69 Å². The second kappa shape index (κ2) is 4.91. The third-order valence-electron chi connectivity index (χ3n) is 2.60. The van der Waals surface area contributed by atoms with Crippen molar-refractivity contribution in [3.05, 3.63) is 41.7 Å². The minimum Gasteiger partial charge on any atom is -0.509 e. The number of rotatable bonds is 3. The van der Waals surface area contributed by atoms with Gasteiger partial charge in [-0.1, -0.05) is 18.2 Å². The Bertz CT molecular complexity index is 507. The SMILES string of the molecule is CCOC(=O)C1=C(O)CN(c2ccccc2)C1=O. The van der Waals surface area contributed by atoms with Gasteiger partial charge in [-0.15, -0.1) is 0 Å². The summed E-state index contributed by atoms with van der Waals surface area (Å²) in [5.74, 6) is -1.56. The highest BCUT2D eigenvalue weighted by atomic mass is 16.5. The summed E-state index contributed by atoms with van der Waals surface area (Å²) in [6.07, 6.45) is 0. The summed E-state index contributed by atoms with van der Waals surface area (Å²) >= 11 is 0. The molecule has 0 saturated carbocycles. The van der Waals surface area contributed by atoms with Gasteiger partial charge >= 0.3 is 5.97 Å². The number of hydrogen-bond acceptors (Lipinski definition) is 4. The van der Waals surface area contributed by atoms with Gasteiger partial charge in [0.1, 0.15) is 5.76 Å². The largest absolute Gasteiger partial charge is 0.509 e. The highest BCUT2D eigenvalue weighted by molar-refractivity contribution is 6.24. The molecule has 18 heavy (non-hydrogen) atoms. The van der Waals surface area contributed by atoms with Crippen molar-refractivity contribution in [1.82, 2.24) is 0 Å². The molecule has 1 aromatic rings. The number of hydrogen-bond donors (Lipinski definition) is 1. The second-order valence-corrected chi connectivity index (χ2v) is 3.77. The number of ether oxygens (including phenoxy) is 1. The lowest BCUT2D eigenvalue weighted by atomic mass is 10.2. The Kier molecular flexibility index (Phi) is 3.32. The van der Waals surface area contributed by atoms with Crippen LogP contribution in [0.2, 0.25) is 0 Å². The molecule has 1 amide bonds. The van der Waals surface area contributed by atoms with Crippen LogP contribution in [0.1, 0.15) is 6.92 Å². The van der Waals surface area contributed by atoms with Crippen molar-refractivity contribution in [2.75, 3.05) is 18.1 Å². The van der Waals surface area contributed by atoms with Crippen LogP contribution in [0.3, 0.4) is 0 Å². The number of aliphatic hydroxyl groups excluding tert-OH is 1. The van der Waals surface area contributed by atoms with E-state index in [2.05, 4.69) is 0 Å². The molecule has 0 radical (unpaired) electrons. The Morgan fingerprint density at radius 2 is 2.06 bits per heavy atom. The Morgan fingerprint density at radius 1 is 1.39 bits per heavy atom. The Balaban J connectivity index is 2.24. The number of esters is 1. The van der Waals surface area contributed by atoms with Gasteiger partial charge < -0.3 is 14.7 Å². The van der Waals surface area contributed by atoms with E-state index in [1.165, 1.54) is 4.90 Å². The van der Waals surface area contributed by atoms with Gasteiger partial charge in [-0.2, -0.15) is 0 Å². The van der Waals surface area contributed by atoms with Gasteiger partial charge in [0.2, 0.25) is 0 Å². The summed E-state index contributed by atoms with van der Waals surface area (Å²) in [5.41, 5.74) is 0.356. The average molecular weight is 247 g/mol. The molecule has 1 N–H and O–H groups in total. The fourth-order valence-electron chi connectivity index (χ4n) is 1.78. The Morgan fingerprint density at radius 3 is 2.67 bits per heavy atom. The van der Waals surface area contributed by atoms with Gasteiger partial charge in [-0.3, -0.25) is 4.79 Å². The van der Waals surface area contributed by atoms with Crippen LogP contribution in [0, 0.1) is 0 Å². The van der Waals surface area contributed by atoms with Crippen LogP contribution in [0.15, 0.2) is 41.7 Å². The first kappa shape index (κ1) is 12.2. The van der Waals surface area contributed by atoms with E-state index < -0.39 is 11.9 Å². The number of aliphatic hydroxyl groups is 1. The van der Waals surface area contributed by atoms with Gasteiger partial charge in [-0.05, 0) is 19.1 Å². The number of carbonyl (C=O) groups excluding carboxylic acids is 2. The summed E-state index contributed by atoms with van der Waals surface area (Å²) in [4.78, 5) is 24.9. The van der Waals surface area contributed by atoms with Gasteiger partial charge in [0, 0.05) is 5.69 Å². The molecule has 0 aromatic heterocycles. The van der Waals surface area contributed by atoms with Crippen molar-refractivity contribution in [2.24, 2.45) is 0 Å². The van der Waals surface area contributed by atoms with E-state index in [1.807, 2.05) is 6.07 Å². The molecule has 1 aliphatic heterocycles. The maximum atomic E-state index is 12.0. The van der Waals surface area contributed by atoms with E-state index in [4.69, 9.17) is 4.74 Å². The van der Waals surface area contributed by atoms with E-state index in [1.54, 1.807) is 31.2 Å². The molecule has 0 aliphatic carbocycles. The van der Waals surface area contributed by atoms with Crippen LogP contribution in [0.25, 0.3) is 0 Å². The third kappa shape index (κ3) is 2.07. The van der Waals surface area contributed by atoms with Crippen molar-refractivity contribution in [3.8, 4) is 0 Å². The predicted octanol–water partition coefficient (Wildman–Crippen LogP) is 1.41.